The lowest BCUT2D eigenvalue weighted by Gasteiger charge is -2.36. The summed E-state index contributed by atoms with van der Waals surface area (Å²) in [6.45, 7) is 1.99. The van der Waals surface area contributed by atoms with Crippen molar-refractivity contribution in [1.82, 2.24) is 9.55 Å². The summed E-state index contributed by atoms with van der Waals surface area (Å²) in [6.07, 6.45) is 6.29. The average molecular weight is 195 g/mol. The third-order valence-electron chi connectivity index (χ3n) is 2.96. The third-order valence-corrected chi connectivity index (χ3v) is 2.96. The van der Waals surface area contributed by atoms with Gasteiger partial charge in [0, 0.05) is 25.4 Å². The summed E-state index contributed by atoms with van der Waals surface area (Å²) in [5, 5.41) is 0. The monoisotopic (exact) mass is 195 g/mol. The van der Waals surface area contributed by atoms with Crippen LogP contribution in [-0.2, 0) is 4.74 Å². The van der Waals surface area contributed by atoms with Gasteiger partial charge in [0.25, 0.3) is 0 Å². The molecule has 1 heterocycles. The van der Waals surface area contributed by atoms with Gasteiger partial charge in [0.2, 0.25) is 0 Å². The van der Waals surface area contributed by atoms with Gasteiger partial charge in [-0.15, -0.1) is 0 Å². The molecule has 4 nitrogen and oxygen atoms in total. The third kappa shape index (κ3) is 1.55. The molecule has 78 valence electrons. The molecule has 0 spiro atoms. The topological polar surface area (TPSA) is 53.1 Å². The van der Waals surface area contributed by atoms with Crippen molar-refractivity contribution in [3.8, 4) is 0 Å². The Morgan fingerprint density at radius 3 is 2.93 bits per heavy atom. The van der Waals surface area contributed by atoms with Crippen molar-refractivity contribution < 1.29 is 4.74 Å². The van der Waals surface area contributed by atoms with Crippen molar-refractivity contribution in [2.45, 2.75) is 38.0 Å². The fourth-order valence-corrected chi connectivity index (χ4v) is 1.93. The van der Waals surface area contributed by atoms with Crippen molar-refractivity contribution in [3.63, 3.8) is 0 Å². The summed E-state index contributed by atoms with van der Waals surface area (Å²) >= 11 is 0. The predicted molar refractivity (Wildman–Crippen MR) is 53.9 cm³/mol. The lowest BCUT2D eigenvalue weighted by molar-refractivity contribution is 0.00522. The molecule has 14 heavy (non-hydrogen) atoms. The summed E-state index contributed by atoms with van der Waals surface area (Å²) in [5.74, 6) is 0. The van der Waals surface area contributed by atoms with Crippen LogP contribution in [-0.4, -0.2) is 22.8 Å². The van der Waals surface area contributed by atoms with Crippen LogP contribution in [0.5, 0.6) is 0 Å². The Morgan fingerprint density at radius 2 is 2.36 bits per heavy atom. The van der Waals surface area contributed by atoms with E-state index < -0.39 is 0 Å². The first kappa shape index (κ1) is 9.68. The molecule has 1 aromatic heterocycles. The van der Waals surface area contributed by atoms with Gasteiger partial charge in [-0.25, -0.2) is 4.98 Å². The fraction of sp³-hybridized carbons (Fsp3) is 0.700. The highest BCUT2D eigenvalue weighted by Crippen LogP contribution is 2.35. The number of rotatable bonds is 3. The Labute approximate surface area is 84.1 Å². The minimum Gasteiger partial charge on any atom is -0.381 e. The Morgan fingerprint density at radius 1 is 1.64 bits per heavy atom. The fourth-order valence-electron chi connectivity index (χ4n) is 1.93. The molecule has 1 fully saturated rings. The van der Waals surface area contributed by atoms with Crippen LogP contribution in [0.15, 0.2) is 12.5 Å². The average Bonchev–Trinajstić information content (AvgIpc) is 2.50. The first-order valence-corrected chi connectivity index (χ1v) is 5.02. The molecule has 1 aromatic rings. The van der Waals surface area contributed by atoms with Crippen LogP contribution in [0.4, 0.5) is 0 Å². The first-order valence-electron chi connectivity index (χ1n) is 5.02. The van der Waals surface area contributed by atoms with E-state index in [2.05, 4.69) is 9.55 Å². The van der Waals surface area contributed by atoms with E-state index in [9.17, 15) is 0 Å². The van der Waals surface area contributed by atoms with Crippen molar-refractivity contribution in [2.24, 2.45) is 5.73 Å². The Hall–Kier alpha value is -0.870. The molecule has 1 saturated carbocycles. The summed E-state index contributed by atoms with van der Waals surface area (Å²) in [6, 6.07) is 0.586. The standard InChI is InChI=1S/C10H17N3O/c1-7(11)10-5-12-6-13(10)8-3-9(4-8)14-2/h5-9H,3-4,11H2,1-2H3/t7-,8?,9?/m0/s1. The van der Waals surface area contributed by atoms with Crippen LogP contribution in [0.1, 0.15) is 37.5 Å². The van der Waals surface area contributed by atoms with Gasteiger partial charge in [-0.1, -0.05) is 0 Å². The zero-order valence-electron chi connectivity index (χ0n) is 8.68. The van der Waals surface area contributed by atoms with E-state index in [1.807, 2.05) is 19.4 Å². The van der Waals surface area contributed by atoms with Crippen LogP contribution in [0, 0.1) is 0 Å². The van der Waals surface area contributed by atoms with Crippen LogP contribution >= 0.6 is 0 Å². The minimum absolute atomic E-state index is 0.0547. The van der Waals surface area contributed by atoms with E-state index >= 15 is 0 Å². The van der Waals surface area contributed by atoms with Crippen LogP contribution in [0.3, 0.4) is 0 Å². The van der Waals surface area contributed by atoms with E-state index in [0.717, 1.165) is 18.5 Å². The number of hydrogen-bond donors (Lipinski definition) is 1. The van der Waals surface area contributed by atoms with Crippen molar-refractivity contribution >= 4 is 0 Å². The number of ether oxygens (including phenoxy) is 1. The Kier molecular flexibility index (Phi) is 2.56. The summed E-state index contributed by atoms with van der Waals surface area (Å²) in [7, 11) is 1.77. The zero-order valence-corrected chi connectivity index (χ0v) is 8.68. The number of hydrogen-bond acceptors (Lipinski definition) is 3. The summed E-state index contributed by atoms with van der Waals surface area (Å²) < 4.78 is 7.43. The summed E-state index contributed by atoms with van der Waals surface area (Å²) in [4.78, 5) is 4.14. The lowest BCUT2D eigenvalue weighted by Crippen LogP contribution is -2.33. The molecule has 0 aliphatic heterocycles. The van der Waals surface area contributed by atoms with Crippen LogP contribution in [0.25, 0.3) is 0 Å². The molecule has 2 N–H and O–H groups in total. The van der Waals surface area contributed by atoms with Gasteiger partial charge < -0.3 is 15.0 Å². The van der Waals surface area contributed by atoms with E-state index in [-0.39, 0.29) is 6.04 Å². The maximum Gasteiger partial charge on any atom is 0.0951 e. The molecule has 4 heteroatoms. The molecule has 1 aliphatic carbocycles. The Bertz CT molecular complexity index is 302. The molecule has 0 unspecified atom stereocenters. The number of nitrogens with two attached hydrogens (primary N) is 1. The molecule has 1 atom stereocenters. The Balaban J connectivity index is 2.07. The molecule has 0 saturated heterocycles. The van der Waals surface area contributed by atoms with E-state index in [1.54, 1.807) is 7.11 Å². The highest BCUT2D eigenvalue weighted by Gasteiger charge is 2.31. The van der Waals surface area contributed by atoms with Crippen molar-refractivity contribution in [2.75, 3.05) is 7.11 Å². The molecule has 0 bridgehead atoms. The molecule has 0 amide bonds. The van der Waals surface area contributed by atoms with E-state index in [1.165, 1.54) is 0 Å². The molecular weight excluding hydrogens is 178 g/mol. The first-order chi connectivity index (χ1) is 6.72. The second kappa shape index (κ2) is 3.71. The van der Waals surface area contributed by atoms with Crippen LogP contribution < -0.4 is 5.73 Å². The van der Waals surface area contributed by atoms with E-state index in [0.29, 0.717) is 12.1 Å². The predicted octanol–water partition coefficient (Wildman–Crippen LogP) is 1.25. The maximum atomic E-state index is 5.85. The normalized spacial score (nSPS) is 28.5. The highest BCUT2D eigenvalue weighted by molar-refractivity contribution is 5.06. The molecule has 2 rings (SSSR count). The molecule has 0 radical (unpaired) electrons. The van der Waals surface area contributed by atoms with Gasteiger partial charge in [-0.2, -0.15) is 0 Å². The quantitative estimate of drug-likeness (QED) is 0.789. The van der Waals surface area contributed by atoms with Crippen molar-refractivity contribution in [1.29, 1.82) is 0 Å². The SMILES string of the molecule is COC1CC(n2cncc2[C@H](C)N)C1. The second-order valence-corrected chi connectivity index (χ2v) is 4.00. The molecule has 0 aromatic carbocycles. The zero-order chi connectivity index (χ0) is 10.1. The van der Waals surface area contributed by atoms with Gasteiger partial charge in [0.1, 0.15) is 0 Å². The number of nitrogens with zero attached hydrogens (tertiary/aromatic N) is 2. The second-order valence-electron chi connectivity index (χ2n) is 4.00. The van der Waals surface area contributed by atoms with Gasteiger partial charge in [-0.05, 0) is 19.8 Å². The van der Waals surface area contributed by atoms with Gasteiger partial charge in [0.05, 0.1) is 18.1 Å². The number of aromatic nitrogens is 2. The number of imidazole rings is 1. The van der Waals surface area contributed by atoms with Crippen LogP contribution in [0.2, 0.25) is 0 Å². The van der Waals surface area contributed by atoms with E-state index in [4.69, 9.17) is 10.5 Å². The smallest absolute Gasteiger partial charge is 0.0951 e. The van der Waals surface area contributed by atoms with Gasteiger partial charge in [0.15, 0.2) is 0 Å². The van der Waals surface area contributed by atoms with Gasteiger partial charge >= 0.3 is 0 Å². The largest absolute Gasteiger partial charge is 0.381 e. The lowest BCUT2D eigenvalue weighted by atomic mass is 9.88. The molecular formula is C10H17N3O. The highest BCUT2D eigenvalue weighted by atomic mass is 16.5. The maximum absolute atomic E-state index is 5.85. The van der Waals surface area contributed by atoms with Crippen molar-refractivity contribution in [3.05, 3.63) is 18.2 Å². The number of methoxy groups -OCH3 is 1. The summed E-state index contributed by atoms with van der Waals surface area (Å²) in [5.41, 5.74) is 6.97. The molecule has 1 aliphatic rings. The van der Waals surface area contributed by atoms with Gasteiger partial charge in [-0.3, -0.25) is 0 Å². The minimum atomic E-state index is 0.0547.